The Morgan fingerprint density at radius 2 is 1.63 bits per heavy atom. The van der Waals surface area contributed by atoms with E-state index in [0.29, 0.717) is 5.02 Å². The van der Waals surface area contributed by atoms with Gasteiger partial charge in [-0.15, -0.1) is 11.8 Å². The summed E-state index contributed by atoms with van der Waals surface area (Å²) < 4.78 is 0. The molecule has 0 radical (unpaired) electrons. The molecule has 1 N–H and O–H groups in total. The predicted octanol–water partition coefficient (Wildman–Crippen LogP) is 3.90. The molecule has 2 amide bonds. The van der Waals surface area contributed by atoms with E-state index in [1.807, 2.05) is 47.4 Å². The normalized spacial score (nSPS) is 14.8. The van der Waals surface area contributed by atoms with Gasteiger partial charge in [0.05, 0.1) is 17.5 Å². The lowest BCUT2D eigenvalue weighted by Crippen LogP contribution is -2.39. The van der Waals surface area contributed by atoms with E-state index >= 15 is 0 Å². The van der Waals surface area contributed by atoms with Gasteiger partial charge in [0.2, 0.25) is 11.8 Å². The number of benzene rings is 2. The Morgan fingerprint density at radius 1 is 1.00 bits per heavy atom. The summed E-state index contributed by atoms with van der Waals surface area (Å²) in [5.41, 5.74) is 2.22. The first-order chi connectivity index (χ1) is 13.1. The summed E-state index contributed by atoms with van der Waals surface area (Å²) in [6.45, 7) is 1.68. The van der Waals surface area contributed by atoms with E-state index in [4.69, 9.17) is 11.6 Å². The summed E-state index contributed by atoms with van der Waals surface area (Å²) in [5, 5.41) is 3.47. The molecule has 0 aliphatic carbocycles. The van der Waals surface area contributed by atoms with Crippen molar-refractivity contribution in [3.63, 3.8) is 0 Å². The van der Waals surface area contributed by atoms with Gasteiger partial charge in [-0.05, 0) is 36.1 Å². The van der Waals surface area contributed by atoms with Gasteiger partial charge in [-0.25, -0.2) is 0 Å². The van der Waals surface area contributed by atoms with Crippen LogP contribution in [0.15, 0.2) is 54.6 Å². The van der Waals surface area contributed by atoms with Gasteiger partial charge in [-0.2, -0.15) is 0 Å². The van der Waals surface area contributed by atoms with Crippen molar-refractivity contribution in [2.45, 2.75) is 18.1 Å². The molecule has 0 bridgehead atoms. The zero-order chi connectivity index (χ0) is 19.1. The van der Waals surface area contributed by atoms with Crippen molar-refractivity contribution in [3.05, 3.63) is 70.7 Å². The molecule has 2 aromatic carbocycles. The van der Waals surface area contributed by atoms with Crippen molar-refractivity contribution >= 4 is 35.2 Å². The van der Waals surface area contributed by atoms with Crippen LogP contribution in [0.5, 0.6) is 0 Å². The molecule has 4 nitrogen and oxygen atoms in total. The molecule has 0 spiro atoms. The largest absolute Gasteiger partial charge is 0.346 e. The fourth-order valence-electron chi connectivity index (χ4n) is 3.11. The minimum absolute atomic E-state index is 0.00293. The number of hydrogen-bond acceptors (Lipinski definition) is 3. The monoisotopic (exact) mass is 402 g/mol. The zero-order valence-corrected chi connectivity index (χ0v) is 16.6. The summed E-state index contributed by atoms with van der Waals surface area (Å²) in [7, 11) is 0. The Bertz CT molecular complexity index is 762. The van der Waals surface area contributed by atoms with Crippen LogP contribution in [0.4, 0.5) is 0 Å². The number of carbonyl (C=O) groups is 2. The van der Waals surface area contributed by atoms with Crippen LogP contribution in [0.3, 0.4) is 0 Å². The summed E-state index contributed by atoms with van der Waals surface area (Å²) >= 11 is 7.55. The molecule has 3 rings (SSSR count). The molecule has 0 aromatic heterocycles. The molecule has 1 fully saturated rings. The lowest BCUT2D eigenvalue weighted by molar-refractivity contribution is -0.131. The topological polar surface area (TPSA) is 49.4 Å². The number of likely N-dealkylation sites (tertiary alicyclic amines) is 1. The number of thioether (sulfide) groups is 1. The van der Waals surface area contributed by atoms with Crippen molar-refractivity contribution in [1.29, 1.82) is 0 Å². The second-order valence-corrected chi connectivity index (χ2v) is 8.05. The van der Waals surface area contributed by atoms with E-state index in [1.165, 1.54) is 0 Å². The number of nitrogens with zero attached hydrogens (tertiary/aromatic N) is 1. The molecule has 2 aromatic rings. The third-order valence-electron chi connectivity index (χ3n) is 4.55. The smallest absolute Gasteiger partial charge is 0.241 e. The number of nitrogens with one attached hydrogen (secondary N) is 1. The van der Waals surface area contributed by atoms with Gasteiger partial charge < -0.3 is 10.2 Å². The van der Waals surface area contributed by atoms with Gasteiger partial charge in [0.15, 0.2) is 0 Å². The maximum atomic E-state index is 12.3. The molecule has 1 heterocycles. The molecule has 6 heteroatoms. The van der Waals surface area contributed by atoms with Crippen LogP contribution in [-0.4, -0.2) is 42.1 Å². The highest BCUT2D eigenvalue weighted by atomic mass is 35.5. The average Bonchev–Trinajstić information content (AvgIpc) is 3.23. The second kappa shape index (κ2) is 9.81. The number of halogens is 1. The quantitative estimate of drug-likeness (QED) is 0.764. The van der Waals surface area contributed by atoms with Gasteiger partial charge in [0.25, 0.3) is 0 Å². The van der Waals surface area contributed by atoms with Gasteiger partial charge in [-0.3, -0.25) is 9.59 Å². The minimum atomic E-state index is -0.123. The van der Waals surface area contributed by atoms with Gasteiger partial charge in [0.1, 0.15) is 0 Å². The van der Waals surface area contributed by atoms with E-state index in [0.717, 1.165) is 37.1 Å². The highest BCUT2D eigenvalue weighted by Crippen LogP contribution is 2.35. The maximum absolute atomic E-state index is 12.3. The lowest BCUT2D eigenvalue weighted by Gasteiger charge is -2.18. The Morgan fingerprint density at radius 3 is 2.30 bits per heavy atom. The van der Waals surface area contributed by atoms with Gasteiger partial charge in [-0.1, -0.05) is 54.1 Å². The van der Waals surface area contributed by atoms with Crippen LogP contribution < -0.4 is 5.32 Å². The molecule has 1 atom stereocenters. The van der Waals surface area contributed by atoms with Crippen molar-refractivity contribution in [3.8, 4) is 0 Å². The summed E-state index contributed by atoms with van der Waals surface area (Å²) in [6, 6.07) is 17.8. The predicted molar refractivity (Wildman–Crippen MR) is 111 cm³/mol. The third-order valence-corrected chi connectivity index (χ3v) is 6.11. The Hall–Kier alpha value is -1.98. The molecule has 1 aliphatic rings. The number of hydrogen-bond donors (Lipinski definition) is 1. The molecular formula is C21H23ClN2O2S. The number of rotatable bonds is 7. The highest BCUT2D eigenvalue weighted by molar-refractivity contribution is 8.00. The van der Waals surface area contributed by atoms with Crippen molar-refractivity contribution in [2.75, 3.05) is 25.4 Å². The summed E-state index contributed by atoms with van der Waals surface area (Å²) in [6.07, 6.45) is 2.10. The fraction of sp³-hybridized carbons (Fsp3) is 0.333. The van der Waals surface area contributed by atoms with Crippen LogP contribution in [-0.2, 0) is 9.59 Å². The first-order valence-corrected chi connectivity index (χ1v) is 10.5. The molecule has 0 saturated carbocycles. The van der Waals surface area contributed by atoms with Crippen LogP contribution >= 0.6 is 23.4 Å². The molecule has 1 unspecified atom stereocenters. The number of carbonyl (C=O) groups excluding carboxylic acids is 2. The Labute approximate surface area is 169 Å². The summed E-state index contributed by atoms with van der Waals surface area (Å²) in [5.74, 6) is 0.167. The van der Waals surface area contributed by atoms with E-state index < -0.39 is 0 Å². The molecule has 27 heavy (non-hydrogen) atoms. The average molecular weight is 403 g/mol. The Balaban J connectivity index is 1.58. The highest BCUT2D eigenvalue weighted by Gasteiger charge is 2.19. The van der Waals surface area contributed by atoms with Crippen LogP contribution in [0.2, 0.25) is 5.02 Å². The van der Waals surface area contributed by atoms with E-state index in [1.54, 1.807) is 11.8 Å². The van der Waals surface area contributed by atoms with Crippen molar-refractivity contribution in [1.82, 2.24) is 10.2 Å². The second-order valence-electron chi connectivity index (χ2n) is 6.52. The maximum Gasteiger partial charge on any atom is 0.241 e. The lowest BCUT2D eigenvalue weighted by atomic mass is 10.0. The molecule has 1 saturated heterocycles. The van der Waals surface area contributed by atoms with E-state index in [2.05, 4.69) is 17.4 Å². The number of amides is 2. The van der Waals surface area contributed by atoms with E-state index in [-0.39, 0.29) is 29.4 Å². The summed E-state index contributed by atoms with van der Waals surface area (Å²) in [4.78, 5) is 26.1. The van der Waals surface area contributed by atoms with Crippen LogP contribution in [0.25, 0.3) is 0 Å². The molecule has 142 valence electrons. The molecular weight excluding hydrogens is 380 g/mol. The van der Waals surface area contributed by atoms with Crippen molar-refractivity contribution < 1.29 is 9.59 Å². The zero-order valence-electron chi connectivity index (χ0n) is 15.1. The Kier molecular flexibility index (Phi) is 7.18. The SMILES string of the molecule is O=C(CSC(c1ccccc1)c1ccc(Cl)cc1)NCC(=O)N1CCCC1. The minimum Gasteiger partial charge on any atom is -0.346 e. The first kappa shape index (κ1) is 19.8. The molecule has 1 aliphatic heterocycles. The van der Waals surface area contributed by atoms with Crippen LogP contribution in [0, 0.1) is 0 Å². The standard InChI is InChI=1S/C21H23ClN2O2S/c22-18-10-8-17(9-11-18)21(16-6-2-1-3-7-16)27-15-19(25)23-14-20(26)24-12-4-5-13-24/h1-3,6-11,21H,4-5,12-15H2,(H,23,25). The van der Waals surface area contributed by atoms with Gasteiger partial charge in [0, 0.05) is 18.1 Å². The first-order valence-electron chi connectivity index (χ1n) is 9.10. The van der Waals surface area contributed by atoms with E-state index in [9.17, 15) is 9.59 Å². The van der Waals surface area contributed by atoms with Crippen molar-refractivity contribution in [2.24, 2.45) is 0 Å². The third kappa shape index (κ3) is 5.75. The van der Waals surface area contributed by atoms with Gasteiger partial charge >= 0.3 is 0 Å². The fourth-order valence-corrected chi connectivity index (χ4v) is 4.36. The van der Waals surface area contributed by atoms with Crippen LogP contribution in [0.1, 0.15) is 29.2 Å².